The van der Waals surface area contributed by atoms with Crippen molar-refractivity contribution in [1.29, 1.82) is 0 Å². The van der Waals surface area contributed by atoms with E-state index >= 15 is 0 Å². The maximum absolute atomic E-state index is 5.97. The van der Waals surface area contributed by atoms with Gasteiger partial charge in [-0.2, -0.15) is 0 Å². The highest BCUT2D eigenvalue weighted by atomic mass is 32.1. The van der Waals surface area contributed by atoms with Crippen molar-refractivity contribution in [3.63, 3.8) is 0 Å². The molecule has 1 aromatic heterocycles. The molecular formula is C20H22N2OS. The Morgan fingerprint density at radius 3 is 2.71 bits per heavy atom. The first-order valence-electron chi connectivity index (χ1n) is 8.16. The van der Waals surface area contributed by atoms with Crippen LogP contribution in [-0.4, -0.2) is 17.1 Å². The van der Waals surface area contributed by atoms with Gasteiger partial charge in [0.1, 0.15) is 11.3 Å². The number of benzene rings is 2. The Kier molecular flexibility index (Phi) is 4.86. The van der Waals surface area contributed by atoms with Crippen LogP contribution in [0.25, 0.3) is 11.0 Å². The second kappa shape index (κ2) is 7.05. The first kappa shape index (κ1) is 16.5. The Bertz CT molecular complexity index is 869. The lowest BCUT2D eigenvalue weighted by molar-refractivity contribution is 0.488. The van der Waals surface area contributed by atoms with Crippen molar-refractivity contribution in [2.45, 2.75) is 26.8 Å². The minimum absolute atomic E-state index is 0.702. The number of rotatable bonds is 4. The third-order valence-corrected chi connectivity index (χ3v) is 4.53. The minimum atomic E-state index is 0.702. The zero-order chi connectivity index (χ0) is 17.1. The van der Waals surface area contributed by atoms with Crippen LogP contribution in [0.2, 0.25) is 0 Å². The van der Waals surface area contributed by atoms with Crippen molar-refractivity contribution in [2.75, 3.05) is 12.4 Å². The molecule has 4 heteroatoms. The molecule has 0 saturated carbocycles. The summed E-state index contributed by atoms with van der Waals surface area (Å²) < 4.78 is 5.97. The second-order valence-corrected chi connectivity index (χ2v) is 6.40. The lowest BCUT2D eigenvalue weighted by Crippen LogP contribution is -2.30. The first-order valence-corrected chi connectivity index (χ1v) is 8.57. The quantitative estimate of drug-likeness (QED) is 0.667. The molecule has 0 fully saturated rings. The van der Waals surface area contributed by atoms with Gasteiger partial charge in [0.2, 0.25) is 0 Å². The number of aryl methyl sites for hydroxylation is 2. The summed E-state index contributed by atoms with van der Waals surface area (Å²) in [5, 5.41) is 5.18. The first-order chi connectivity index (χ1) is 11.6. The fourth-order valence-electron chi connectivity index (χ4n) is 2.86. The maximum Gasteiger partial charge on any atom is 0.173 e. The van der Waals surface area contributed by atoms with Crippen molar-refractivity contribution < 1.29 is 4.42 Å². The molecule has 3 aromatic rings. The summed E-state index contributed by atoms with van der Waals surface area (Å²) >= 11 is 5.56. The van der Waals surface area contributed by atoms with E-state index in [1.807, 2.05) is 42.3 Å². The third-order valence-electron chi connectivity index (χ3n) is 4.11. The summed E-state index contributed by atoms with van der Waals surface area (Å²) in [7, 11) is 2.01. The topological polar surface area (TPSA) is 28.4 Å². The Labute approximate surface area is 148 Å². The summed E-state index contributed by atoms with van der Waals surface area (Å²) in [6.45, 7) is 4.91. The molecule has 1 heterocycles. The van der Waals surface area contributed by atoms with Crippen LogP contribution < -0.4 is 5.32 Å². The van der Waals surface area contributed by atoms with E-state index in [1.165, 1.54) is 16.5 Å². The average molecular weight is 338 g/mol. The van der Waals surface area contributed by atoms with Gasteiger partial charge >= 0.3 is 0 Å². The number of hydrogen-bond donors (Lipinski definition) is 1. The molecule has 0 aliphatic rings. The highest BCUT2D eigenvalue weighted by Crippen LogP contribution is 2.27. The van der Waals surface area contributed by atoms with Crippen LogP contribution in [0.4, 0.5) is 5.69 Å². The molecule has 0 aliphatic carbocycles. The monoisotopic (exact) mass is 338 g/mol. The van der Waals surface area contributed by atoms with Crippen molar-refractivity contribution in [3.8, 4) is 0 Å². The van der Waals surface area contributed by atoms with E-state index < -0.39 is 0 Å². The van der Waals surface area contributed by atoms with Crippen LogP contribution in [-0.2, 0) is 13.0 Å². The van der Waals surface area contributed by atoms with Crippen LogP contribution in [0.15, 0.2) is 52.9 Å². The summed E-state index contributed by atoms with van der Waals surface area (Å²) in [4.78, 5) is 2.05. The number of fused-ring (bicyclic) bond motifs is 1. The largest absolute Gasteiger partial charge is 0.461 e. The van der Waals surface area contributed by atoms with Crippen LogP contribution in [0.1, 0.15) is 23.8 Å². The van der Waals surface area contributed by atoms with Gasteiger partial charge in [0.05, 0.1) is 0 Å². The molecule has 1 N–H and O–H groups in total. The lowest BCUT2D eigenvalue weighted by atomic mass is 10.1. The highest BCUT2D eigenvalue weighted by molar-refractivity contribution is 7.80. The number of anilines is 1. The van der Waals surface area contributed by atoms with E-state index in [9.17, 15) is 0 Å². The van der Waals surface area contributed by atoms with Gasteiger partial charge in [-0.1, -0.05) is 37.3 Å². The third kappa shape index (κ3) is 3.44. The Hall–Kier alpha value is -2.33. The molecule has 2 aromatic carbocycles. The number of para-hydroxylation sites is 1. The normalized spacial score (nSPS) is 10.8. The van der Waals surface area contributed by atoms with E-state index in [2.05, 4.69) is 37.4 Å². The van der Waals surface area contributed by atoms with Crippen molar-refractivity contribution in [3.05, 3.63) is 65.4 Å². The van der Waals surface area contributed by atoms with Gasteiger partial charge in [-0.3, -0.25) is 0 Å². The van der Waals surface area contributed by atoms with Crippen molar-refractivity contribution in [2.24, 2.45) is 0 Å². The smallest absolute Gasteiger partial charge is 0.173 e. The second-order valence-electron chi connectivity index (χ2n) is 6.01. The average Bonchev–Trinajstić information content (AvgIpc) is 2.92. The van der Waals surface area contributed by atoms with Crippen LogP contribution in [0.3, 0.4) is 0 Å². The van der Waals surface area contributed by atoms with E-state index in [4.69, 9.17) is 16.6 Å². The summed E-state index contributed by atoms with van der Waals surface area (Å²) in [5.74, 6) is 1.03. The summed E-state index contributed by atoms with van der Waals surface area (Å²) in [5.41, 5.74) is 4.37. The number of hydrogen-bond acceptors (Lipinski definition) is 2. The van der Waals surface area contributed by atoms with Gasteiger partial charge in [-0.25, -0.2) is 0 Å². The molecule has 3 rings (SSSR count). The molecule has 3 nitrogen and oxygen atoms in total. The number of thiocarbonyl (C=S) groups is 1. The van der Waals surface area contributed by atoms with E-state index in [0.29, 0.717) is 5.11 Å². The van der Waals surface area contributed by atoms with Crippen LogP contribution >= 0.6 is 12.2 Å². The summed E-state index contributed by atoms with van der Waals surface area (Å²) in [6.07, 6.45) is 0.871. The molecule has 24 heavy (non-hydrogen) atoms. The van der Waals surface area contributed by atoms with Gasteiger partial charge in [-0.15, -0.1) is 0 Å². The van der Waals surface area contributed by atoms with Gasteiger partial charge in [0.15, 0.2) is 5.11 Å². The predicted octanol–water partition coefficient (Wildman–Crippen LogP) is 5.13. The molecule has 0 amide bonds. The van der Waals surface area contributed by atoms with Crippen molar-refractivity contribution >= 4 is 34.0 Å². The summed E-state index contributed by atoms with van der Waals surface area (Å²) in [6, 6.07) is 16.4. The van der Waals surface area contributed by atoms with Gasteiger partial charge in [0.25, 0.3) is 0 Å². The molecule has 124 valence electrons. The lowest BCUT2D eigenvalue weighted by Gasteiger charge is -2.21. The van der Waals surface area contributed by atoms with Gasteiger partial charge in [-0.05, 0) is 42.9 Å². The number of furan rings is 1. The Balaban J connectivity index is 1.79. The fourth-order valence-corrected chi connectivity index (χ4v) is 3.04. The SMILES string of the molecule is CCc1oc2ccccc2c1CN(C)C(=S)Nc1cccc(C)c1. The van der Waals surface area contributed by atoms with E-state index in [1.54, 1.807) is 0 Å². The molecule has 0 aliphatic heterocycles. The zero-order valence-electron chi connectivity index (χ0n) is 14.3. The molecule has 0 bridgehead atoms. The standard InChI is InChI=1S/C20H22N2OS/c1-4-18-17(16-10-5-6-11-19(16)23-18)13-22(3)20(24)21-15-9-7-8-14(2)12-15/h5-12H,4,13H2,1-3H3,(H,21,24). The highest BCUT2D eigenvalue weighted by Gasteiger charge is 2.15. The number of nitrogens with one attached hydrogen (secondary N) is 1. The molecule has 0 atom stereocenters. The molecule has 0 radical (unpaired) electrons. The molecule has 0 saturated heterocycles. The van der Waals surface area contributed by atoms with Gasteiger partial charge < -0.3 is 14.6 Å². The predicted molar refractivity (Wildman–Crippen MR) is 104 cm³/mol. The fraction of sp³-hybridized carbons (Fsp3) is 0.250. The van der Waals surface area contributed by atoms with Gasteiger partial charge in [0, 0.05) is 36.7 Å². The maximum atomic E-state index is 5.97. The molecule has 0 spiro atoms. The zero-order valence-corrected chi connectivity index (χ0v) is 15.1. The van der Waals surface area contributed by atoms with E-state index in [0.717, 1.165) is 30.0 Å². The Morgan fingerprint density at radius 2 is 1.96 bits per heavy atom. The minimum Gasteiger partial charge on any atom is -0.461 e. The molecular weight excluding hydrogens is 316 g/mol. The molecule has 0 unspecified atom stereocenters. The van der Waals surface area contributed by atoms with Crippen molar-refractivity contribution in [1.82, 2.24) is 4.90 Å². The number of nitrogens with zero attached hydrogens (tertiary/aromatic N) is 1. The van der Waals surface area contributed by atoms with Crippen LogP contribution in [0.5, 0.6) is 0 Å². The Morgan fingerprint density at radius 1 is 1.17 bits per heavy atom. The van der Waals surface area contributed by atoms with E-state index in [-0.39, 0.29) is 0 Å². The van der Waals surface area contributed by atoms with Crippen LogP contribution in [0, 0.1) is 6.92 Å².